The summed E-state index contributed by atoms with van der Waals surface area (Å²) in [5, 5.41) is 0. The predicted octanol–water partition coefficient (Wildman–Crippen LogP) is 2.82. The van der Waals surface area contributed by atoms with Crippen molar-refractivity contribution in [1.82, 2.24) is 4.90 Å². The van der Waals surface area contributed by atoms with E-state index in [-0.39, 0.29) is 25.4 Å². The average molecular weight is 383 g/mol. The number of Topliss-reactive ketones (excluding diaryl/α,β-unsaturated/α-hetero) is 1. The van der Waals surface area contributed by atoms with Crippen LogP contribution in [0, 0.1) is 0 Å². The molecule has 0 saturated heterocycles. The summed E-state index contributed by atoms with van der Waals surface area (Å²) in [7, 11) is 0. The van der Waals surface area contributed by atoms with E-state index < -0.39 is 17.8 Å². The molecule has 0 radical (unpaired) electrons. The third-order valence-corrected chi connectivity index (χ3v) is 4.94. The SMILES string of the molecule is CSc1ccc(C(=O)COC(=O)CCN2C(=O)c3ccccc3C2=O)cc1. The summed E-state index contributed by atoms with van der Waals surface area (Å²) in [5.74, 6) is -1.79. The van der Waals surface area contributed by atoms with E-state index in [1.54, 1.807) is 48.2 Å². The second kappa shape index (κ2) is 8.18. The Morgan fingerprint density at radius 3 is 2.11 bits per heavy atom. The van der Waals surface area contributed by atoms with Crippen LogP contribution in [0.5, 0.6) is 0 Å². The number of hydrogen-bond acceptors (Lipinski definition) is 6. The second-order valence-corrected chi connectivity index (χ2v) is 6.75. The minimum atomic E-state index is -0.638. The van der Waals surface area contributed by atoms with Crippen molar-refractivity contribution in [1.29, 1.82) is 0 Å². The van der Waals surface area contributed by atoms with E-state index in [0.717, 1.165) is 9.80 Å². The Hall–Kier alpha value is -2.93. The van der Waals surface area contributed by atoms with Crippen molar-refractivity contribution in [2.24, 2.45) is 0 Å². The topological polar surface area (TPSA) is 80.8 Å². The monoisotopic (exact) mass is 383 g/mol. The zero-order chi connectivity index (χ0) is 19.4. The van der Waals surface area contributed by atoms with Crippen molar-refractivity contribution in [3.05, 3.63) is 65.2 Å². The highest BCUT2D eigenvalue weighted by atomic mass is 32.2. The van der Waals surface area contributed by atoms with Crippen molar-refractivity contribution >= 4 is 35.3 Å². The Balaban J connectivity index is 1.49. The maximum atomic E-state index is 12.2. The highest BCUT2D eigenvalue weighted by Gasteiger charge is 2.35. The van der Waals surface area contributed by atoms with Crippen molar-refractivity contribution in [3.8, 4) is 0 Å². The molecule has 0 aromatic heterocycles. The average Bonchev–Trinajstić information content (AvgIpc) is 2.95. The Labute approximate surface area is 160 Å². The Morgan fingerprint density at radius 2 is 1.56 bits per heavy atom. The number of fused-ring (bicyclic) bond motifs is 1. The van der Waals surface area contributed by atoms with E-state index >= 15 is 0 Å². The van der Waals surface area contributed by atoms with E-state index in [1.807, 2.05) is 18.4 Å². The molecule has 1 aliphatic rings. The van der Waals surface area contributed by atoms with Gasteiger partial charge in [-0.2, -0.15) is 0 Å². The van der Waals surface area contributed by atoms with Crippen LogP contribution >= 0.6 is 11.8 Å². The zero-order valence-corrected chi connectivity index (χ0v) is 15.5. The molecule has 0 saturated carbocycles. The van der Waals surface area contributed by atoms with E-state index in [4.69, 9.17) is 4.74 Å². The molecule has 3 rings (SSSR count). The summed E-state index contributed by atoms with van der Waals surface area (Å²) in [5.41, 5.74) is 1.13. The number of esters is 1. The molecule has 0 atom stereocenters. The normalized spacial score (nSPS) is 12.9. The smallest absolute Gasteiger partial charge is 0.308 e. The van der Waals surface area contributed by atoms with Gasteiger partial charge in [0.05, 0.1) is 17.5 Å². The number of thioether (sulfide) groups is 1. The maximum absolute atomic E-state index is 12.2. The number of imide groups is 1. The third-order valence-electron chi connectivity index (χ3n) is 4.19. The summed E-state index contributed by atoms with van der Waals surface area (Å²) < 4.78 is 4.98. The number of carbonyl (C=O) groups is 4. The first-order valence-electron chi connectivity index (χ1n) is 8.29. The van der Waals surface area contributed by atoms with Crippen LogP contribution in [0.1, 0.15) is 37.5 Å². The van der Waals surface area contributed by atoms with E-state index in [2.05, 4.69) is 0 Å². The molecular weight excluding hydrogens is 366 g/mol. The molecule has 0 bridgehead atoms. The Kier molecular flexibility index (Phi) is 5.71. The molecule has 138 valence electrons. The summed E-state index contributed by atoms with van der Waals surface area (Å²) in [6.07, 6.45) is 1.77. The number of carbonyl (C=O) groups excluding carboxylic acids is 4. The molecule has 0 aliphatic carbocycles. The largest absolute Gasteiger partial charge is 0.457 e. The van der Waals surface area contributed by atoms with Gasteiger partial charge >= 0.3 is 5.97 Å². The van der Waals surface area contributed by atoms with Crippen LogP contribution < -0.4 is 0 Å². The fourth-order valence-corrected chi connectivity index (χ4v) is 3.13. The van der Waals surface area contributed by atoms with Gasteiger partial charge in [0.1, 0.15) is 0 Å². The number of ketones is 1. The van der Waals surface area contributed by atoms with Gasteiger partial charge in [-0.05, 0) is 30.5 Å². The van der Waals surface area contributed by atoms with Crippen LogP contribution in [0.3, 0.4) is 0 Å². The standard InChI is InChI=1S/C20H17NO5S/c1-27-14-8-6-13(7-9-14)17(22)12-26-18(23)10-11-21-19(24)15-4-2-3-5-16(15)20(21)25/h2-9H,10-12H2,1H3. The van der Waals surface area contributed by atoms with Crippen LogP contribution in [0.4, 0.5) is 0 Å². The van der Waals surface area contributed by atoms with Gasteiger partial charge in [-0.3, -0.25) is 24.1 Å². The van der Waals surface area contributed by atoms with Crippen molar-refractivity contribution in [2.75, 3.05) is 19.4 Å². The number of nitrogens with zero attached hydrogens (tertiary/aromatic N) is 1. The van der Waals surface area contributed by atoms with Gasteiger partial charge in [0.2, 0.25) is 0 Å². The minimum Gasteiger partial charge on any atom is -0.457 e. The van der Waals surface area contributed by atoms with Crippen LogP contribution in [0.15, 0.2) is 53.4 Å². The first kappa shape index (κ1) is 18.8. The van der Waals surface area contributed by atoms with Gasteiger partial charge in [-0.1, -0.05) is 24.3 Å². The molecule has 2 aromatic carbocycles. The van der Waals surface area contributed by atoms with Crippen LogP contribution in [0.2, 0.25) is 0 Å². The first-order valence-corrected chi connectivity index (χ1v) is 9.52. The predicted molar refractivity (Wildman–Crippen MR) is 99.9 cm³/mol. The lowest BCUT2D eigenvalue weighted by atomic mass is 10.1. The van der Waals surface area contributed by atoms with Crippen LogP contribution in [0.25, 0.3) is 0 Å². The summed E-state index contributed by atoms with van der Waals surface area (Å²) >= 11 is 1.57. The molecule has 27 heavy (non-hydrogen) atoms. The number of rotatable bonds is 7. The lowest BCUT2D eigenvalue weighted by molar-refractivity contribution is -0.142. The minimum absolute atomic E-state index is 0.0816. The summed E-state index contributed by atoms with van der Waals surface area (Å²) in [6, 6.07) is 13.5. The Morgan fingerprint density at radius 1 is 0.963 bits per heavy atom. The lowest BCUT2D eigenvalue weighted by Crippen LogP contribution is -2.32. The van der Waals surface area contributed by atoms with Gasteiger partial charge in [-0.15, -0.1) is 11.8 Å². The van der Waals surface area contributed by atoms with Gasteiger partial charge in [0.25, 0.3) is 11.8 Å². The van der Waals surface area contributed by atoms with E-state index in [0.29, 0.717) is 16.7 Å². The van der Waals surface area contributed by atoms with E-state index in [1.165, 1.54) is 0 Å². The highest BCUT2D eigenvalue weighted by molar-refractivity contribution is 7.98. The molecule has 7 heteroatoms. The van der Waals surface area contributed by atoms with Crippen LogP contribution in [-0.4, -0.2) is 47.9 Å². The van der Waals surface area contributed by atoms with E-state index in [9.17, 15) is 19.2 Å². The number of ether oxygens (including phenoxy) is 1. The summed E-state index contributed by atoms with van der Waals surface area (Å²) in [6.45, 7) is -0.457. The van der Waals surface area contributed by atoms with Gasteiger partial charge < -0.3 is 4.74 Å². The van der Waals surface area contributed by atoms with Crippen molar-refractivity contribution in [2.45, 2.75) is 11.3 Å². The lowest BCUT2D eigenvalue weighted by Gasteiger charge is -2.13. The van der Waals surface area contributed by atoms with Crippen molar-refractivity contribution < 1.29 is 23.9 Å². The molecule has 6 nitrogen and oxygen atoms in total. The molecule has 2 amide bonds. The second-order valence-electron chi connectivity index (χ2n) is 5.87. The van der Waals surface area contributed by atoms with Crippen molar-refractivity contribution in [3.63, 3.8) is 0 Å². The number of hydrogen-bond donors (Lipinski definition) is 0. The van der Waals surface area contributed by atoms with Gasteiger partial charge in [0, 0.05) is 17.0 Å². The Bertz CT molecular complexity index is 872. The quantitative estimate of drug-likeness (QED) is 0.317. The van der Waals surface area contributed by atoms with Crippen LogP contribution in [-0.2, 0) is 9.53 Å². The molecule has 0 N–H and O–H groups in total. The molecule has 0 unspecified atom stereocenters. The maximum Gasteiger partial charge on any atom is 0.308 e. The zero-order valence-electron chi connectivity index (χ0n) is 14.6. The highest BCUT2D eigenvalue weighted by Crippen LogP contribution is 2.22. The third kappa shape index (κ3) is 4.09. The molecule has 1 heterocycles. The molecule has 0 fully saturated rings. The number of amides is 2. The molecule has 1 aliphatic heterocycles. The molecular formula is C20H17NO5S. The van der Waals surface area contributed by atoms with Gasteiger partial charge in [0.15, 0.2) is 12.4 Å². The first-order chi connectivity index (χ1) is 13.0. The number of benzene rings is 2. The van der Waals surface area contributed by atoms with Gasteiger partial charge in [-0.25, -0.2) is 0 Å². The molecule has 2 aromatic rings. The summed E-state index contributed by atoms with van der Waals surface area (Å²) in [4.78, 5) is 50.4. The fourth-order valence-electron chi connectivity index (χ4n) is 2.72. The molecule has 0 spiro atoms. The fraction of sp³-hybridized carbons (Fsp3) is 0.200.